The molecule has 6 heteroatoms. The molecule has 0 saturated carbocycles. The Bertz CT molecular complexity index is 401. The molecule has 1 aromatic heterocycles. The second-order valence-corrected chi connectivity index (χ2v) is 3.91. The monoisotopic (exact) mass is 231 g/mol. The van der Waals surface area contributed by atoms with Crippen LogP contribution in [0, 0.1) is 0 Å². The van der Waals surface area contributed by atoms with Gasteiger partial charge in [0.25, 0.3) is 0 Å². The Labute approximate surface area is 90.9 Å². The molecular weight excluding hydrogens is 219 g/mol. The second kappa shape index (κ2) is 3.92. The Morgan fingerprint density at radius 2 is 1.69 bits per heavy atom. The molecule has 0 fully saturated rings. The zero-order valence-corrected chi connectivity index (χ0v) is 8.64. The van der Waals surface area contributed by atoms with Gasteiger partial charge in [0.2, 0.25) is 5.95 Å². The summed E-state index contributed by atoms with van der Waals surface area (Å²) in [5.74, 6) is -0.284. The summed E-state index contributed by atoms with van der Waals surface area (Å²) in [6.07, 6.45) is -0.946. The van der Waals surface area contributed by atoms with Crippen molar-refractivity contribution in [1.82, 2.24) is 9.97 Å². The summed E-state index contributed by atoms with van der Waals surface area (Å²) in [4.78, 5) is 7.26. The summed E-state index contributed by atoms with van der Waals surface area (Å²) in [6, 6.07) is 0. The van der Waals surface area contributed by atoms with Crippen molar-refractivity contribution >= 4 is 5.95 Å². The highest BCUT2D eigenvalue weighted by Gasteiger charge is 2.37. The van der Waals surface area contributed by atoms with Gasteiger partial charge in [-0.05, 0) is 25.7 Å². The molecule has 0 aliphatic heterocycles. The fourth-order valence-electron chi connectivity index (χ4n) is 2.02. The van der Waals surface area contributed by atoms with E-state index in [2.05, 4.69) is 9.97 Å². The molecular formula is C10H12F3N3. The molecule has 0 spiro atoms. The van der Waals surface area contributed by atoms with E-state index in [1.54, 1.807) is 0 Å². The zero-order chi connectivity index (χ0) is 11.8. The Morgan fingerprint density at radius 1 is 1.00 bits per heavy atom. The number of hydrogen-bond acceptors (Lipinski definition) is 3. The number of nitrogens with zero attached hydrogens (tertiary/aromatic N) is 2. The van der Waals surface area contributed by atoms with Gasteiger partial charge in [0.1, 0.15) is 0 Å². The smallest absolute Gasteiger partial charge is 0.368 e. The van der Waals surface area contributed by atoms with E-state index in [0.717, 1.165) is 19.3 Å². The molecule has 3 nitrogen and oxygen atoms in total. The van der Waals surface area contributed by atoms with Crippen molar-refractivity contribution in [1.29, 1.82) is 0 Å². The van der Waals surface area contributed by atoms with Crippen molar-refractivity contribution in [2.24, 2.45) is 0 Å². The first kappa shape index (κ1) is 11.2. The lowest BCUT2D eigenvalue weighted by molar-refractivity contribution is -0.141. The summed E-state index contributed by atoms with van der Waals surface area (Å²) < 4.78 is 38.2. The molecule has 2 N–H and O–H groups in total. The van der Waals surface area contributed by atoms with Crippen molar-refractivity contribution in [2.45, 2.75) is 38.3 Å². The minimum atomic E-state index is -4.44. The predicted octanol–water partition coefficient (Wildman–Crippen LogP) is 2.35. The summed E-state index contributed by atoms with van der Waals surface area (Å²) in [5, 5.41) is 0. The maximum atomic E-state index is 12.7. The molecule has 0 amide bonds. The van der Waals surface area contributed by atoms with Crippen LogP contribution < -0.4 is 5.73 Å². The lowest BCUT2D eigenvalue weighted by Crippen LogP contribution is -2.17. The van der Waals surface area contributed by atoms with E-state index in [-0.39, 0.29) is 11.5 Å². The van der Waals surface area contributed by atoms with Gasteiger partial charge in [0, 0.05) is 11.3 Å². The quantitative estimate of drug-likeness (QED) is 0.697. The number of nitrogen functional groups attached to an aromatic ring is 1. The maximum Gasteiger partial charge on any atom is 0.433 e. The molecule has 1 aliphatic rings. The van der Waals surface area contributed by atoms with E-state index in [1.165, 1.54) is 0 Å². The molecule has 1 heterocycles. The standard InChI is InChI=1S/C10H12F3N3/c11-10(12,13)8-6-4-2-1-3-5-7(6)15-9(14)16-8/h1-5H2,(H2,14,15,16). The van der Waals surface area contributed by atoms with Crippen LogP contribution >= 0.6 is 0 Å². The van der Waals surface area contributed by atoms with Crippen molar-refractivity contribution in [2.75, 3.05) is 5.73 Å². The molecule has 1 aromatic rings. The number of alkyl halides is 3. The highest BCUT2D eigenvalue weighted by molar-refractivity contribution is 5.34. The molecule has 88 valence electrons. The summed E-state index contributed by atoms with van der Waals surface area (Å²) >= 11 is 0. The minimum absolute atomic E-state index is 0.235. The number of hydrogen-bond donors (Lipinski definition) is 1. The molecule has 0 saturated heterocycles. The van der Waals surface area contributed by atoms with Gasteiger partial charge in [-0.2, -0.15) is 13.2 Å². The fourth-order valence-corrected chi connectivity index (χ4v) is 2.02. The summed E-state index contributed by atoms with van der Waals surface area (Å²) in [5.41, 5.74) is 5.16. The fraction of sp³-hybridized carbons (Fsp3) is 0.600. The molecule has 0 aromatic carbocycles. The topological polar surface area (TPSA) is 51.8 Å². The summed E-state index contributed by atoms with van der Waals surface area (Å²) in [7, 11) is 0. The average Bonchev–Trinajstić information content (AvgIpc) is 2.39. The van der Waals surface area contributed by atoms with E-state index in [9.17, 15) is 13.2 Å². The van der Waals surface area contributed by atoms with Crippen LogP contribution in [0.5, 0.6) is 0 Å². The number of rotatable bonds is 0. The van der Waals surface area contributed by atoms with Gasteiger partial charge in [0.15, 0.2) is 5.69 Å². The number of fused-ring (bicyclic) bond motifs is 1. The van der Waals surface area contributed by atoms with Crippen molar-refractivity contribution < 1.29 is 13.2 Å². The number of nitrogens with two attached hydrogens (primary N) is 1. The van der Waals surface area contributed by atoms with E-state index < -0.39 is 11.9 Å². The zero-order valence-electron chi connectivity index (χ0n) is 8.64. The minimum Gasteiger partial charge on any atom is -0.368 e. The molecule has 2 rings (SSSR count). The number of aryl methyl sites for hydroxylation is 1. The normalized spacial score (nSPS) is 16.7. The number of aromatic nitrogens is 2. The lowest BCUT2D eigenvalue weighted by Gasteiger charge is -2.13. The highest BCUT2D eigenvalue weighted by Crippen LogP contribution is 2.34. The van der Waals surface area contributed by atoms with Crippen LogP contribution in [0.4, 0.5) is 19.1 Å². The molecule has 0 bridgehead atoms. The third kappa shape index (κ3) is 2.10. The van der Waals surface area contributed by atoms with Crippen LogP contribution in [0.15, 0.2) is 0 Å². The predicted molar refractivity (Wildman–Crippen MR) is 52.7 cm³/mol. The van der Waals surface area contributed by atoms with Crippen LogP contribution in [0.1, 0.15) is 36.2 Å². The highest BCUT2D eigenvalue weighted by atomic mass is 19.4. The molecule has 1 aliphatic carbocycles. The van der Waals surface area contributed by atoms with Gasteiger partial charge >= 0.3 is 6.18 Å². The Hall–Kier alpha value is -1.33. The van der Waals surface area contributed by atoms with Crippen molar-refractivity contribution in [3.8, 4) is 0 Å². The van der Waals surface area contributed by atoms with E-state index in [4.69, 9.17) is 5.73 Å². The second-order valence-electron chi connectivity index (χ2n) is 3.91. The first-order chi connectivity index (χ1) is 7.48. The molecule has 16 heavy (non-hydrogen) atoms. The van der Waals surface area contributed by atoms with Gasteiger partial charge in [-0.1, -0.05) is 6.42 Å². The van der Waals surface area contributed by atoms with Gasteiger partial charge in [-0.25, -0.2) is 9.97 Å². The SMILES string of the molecule is Nc1nc2c(c(C(F)(F)F)n1)CCCCC2. The van der Waals surface area contributed by atoms with E-state index in [1.807, 2.05) is 0 Å². The first-order valence-corrected chi connectivity index (χ1v) is 5.21. The van der Waals surface area contributed by atoms with Crippen LogP contribution in [-0.4, -0.2) is 9.97 Å². The van der Waals surface area contributed by atoms with Gasteiger partial charge < -0.3 is 5.73 Å². The van der Waals surface area contributed by atoms with Crippen LogP contribution in [0.25, 0.3) is 0 Å². The van der Waals surface area contributed by atoms with Crippen molar-refractivity contribution in [3.05, 3.63) is 17.0 Å². The first-order valence-electron chi connectivity index (χ1n) is 5.21. The largest absolute Gasteiger partial charge is 0.433 e. The Kier molecular flexibility index (Phi) is 2.73. The molecule has 0 atom stereocenters. The van der Waals surface area contributed by atoms with Crippen LogP contribution in [0.2, 0.25) is 0 Å². The van der Waals surface area contributed by atoms with Crippen LogP contribution in [-0.2, 0) is 19.0 Å². The lowest BCUT2D eigenvalue weighted by atomic mass is 10.1. The Morgan fingerprint density at radius 3 is 2.38 bits per heavy atom. The van der Waals surface area contributed by atoms with Gasteiger partial charge in [-0.15, -0.1) is 0 Å². The van der Waals surface area contributed by atoms with E-state index >= 15 is 0 Å². The third-order valence-corrected chi connectivity index (χ3v) is 2.72. The van der Waals surface area contributed by atoms with Crippen molar-refractivity contribution in [3.63, 3.8) is 0 Å². The van der Waals surface area contributed by atoms with Gasteiger partial charge in [0.05, 0.1) is 0 Å². The number of halogens is 3. The van der Waals surface area contributed by atoms with Crippen LogP contribution in [0.3, 0.4) is 0 Å². The summed E-state index contributed by atoms with van der Waals surface area (Å²) in [6.45, 7) is 0. The maximum absolute atomic E-state index is 12.7. The van der Waals surface area contributed by atoms with E-state index in [0.29, 0.717) is 18.5 Å². The molecule has 0 unspecified atom stereocenters. The Balaban J connectivity index is 2.55. The molecule has 0 radical (unpaired) electrons. The average molecular weight is 231 g/mol. The number of anilines is 1. The van der Waals surface area contributed by atoms with Gasteiger partial charge in [-0.3, -0.25) is 0 Å². The third-order valence-electron chi connectivity index (χ3n) is 2.72.